The second-order valence-electron chi connectivity index (χ2n) is 9.87. The van der Waals surface area contributed by atoms with Gasteiger partial charge in [0.25, 0.3) is 5.91 Å². The van der Waals surface area contributed by atoms with Crippen LogP contribution in [-0.2, 0) is 0 Å². The summed E-state index contributed by atoms with van der Waals surface area (Å²) >= 11 is 5.76. The van der Waals surface area contributed by atoms with Gasteiger partial charge in [-0.3, -0.25) is 4.79 Å². The highest BCUT2D eigenvalue weighted by molar-refractivity contribution is 7.80. The van der Waals surface area contributed by atoms with E-state index in [-0.39, 0.29) is 12.0 Å². The molecule has 3 atom stereocenters. The Balaban J connectivity index is 1.19. The minimum atomic E-state index is 0.0356. The van der Waals surface area contributed by atoms with Crippen molar-refractivity contribution in [3.05, 3.63) is 48.1 Å². The number of hydrogen-bond donors (Lipinski definition) is 2. The summed E-state index contributed by atoms with van der Waals surface area (Å²) in [5.41, 5.74) is 0.607. The van der Waals surface area contributed by atoms with Crippen LogP contribution in [0.3, 0.4) is 0 Å². The fourth-order valence-corrected chi connectivity index (χ4v) is 6.24. The van der Waals surface area contributed by atoms with Gasteiger partial charge in [0.05, 0.1) is 23.7 Å². The number of nitrogens with zero attached hydrogens (tertiary/aromatic N) is 1. The van der Waals surface area contributed by atoms with Gasteiger partial charge in [-0.1, -0.05) is 36.5 Å². The average Bonchev–Trinajstić information content (AvgIpc) is 2.88. The number of nitrogens with one attached hydrogen (secondary N) is 2. The number of piperidine rings is 3. The number of hydrogen-bond acceptors (Lipinski definition) is 5. The Kier molecular flexibility index (Phi) is 7.21. The van der Waals surface area contributed by atoms with Crippen LogP contribution >= 0.6 is 12.2 Å². The second kappa shape index (κ2) is 10.5. The summed E-state index contributed by atoms with van der Waals surface area (Å²) in [6, 6.07) is 5.95. The largest absolute Gasteiger partial charge is 0.496 e. The summed E-state index contributed by atoms with van der Waals surface area (Å²) in [6.45, 7) is 3.46. The first-order chi connectivity index (χ1) is 16.6. The highest BCUT2D eigenvalue weighted by atomic mass is 32.1. The first-order valence-electron chi connectivity index (χ1n) is 12.6. The fourth-order valence-electron chi connectivity index (χ4n) is 5.81. The van der Waals surface area contributed by atoms with Crippen molar-refractivity contribution >= 4 is 23.1 Å². The van der Waals surface area contributed by atoms with Crippen LogP contribution < -0.4 is 20.1 Å². The highest BCUT2D eigenvalue weighted by Gasteiger charge is 2.38. The molecule has 0 saturated carbocycles. The van der Waals surface area contributed by atoms with E-state index in [1.54, 1.807) is 7.11 Å². The third-order valence-electron chi connectivity index (χ3n) is 7.81. The van der Waals surface area contributed by atoms with Crippen molar-refractivity contribution < 1.29 is 14.3 Å². The minimum Gasteiger partial charge on any atom is -0.496 e. The van der Waals surface area contributed by atoms with Crippen LogP contribution in [0.1, 0.15) is 42.5 Å². The molecule has 3 aliphatic heterocycles. The van der Waals surface area contributed by atoms with Crippen LogP contribution in [0.5, 0.6) is 11.5 Å². The van der Waals surface area contributed by atoms with Crippen molar-refractivity contribution in [3.8, 4) is 11.5 Å². The lowest BCUT2D eigenvalue weighted by molar-refractivity contribution is 0.0663. The van der Waals surface area contributed by atoms with Gasteiger partial charge in [-0.05, 0) is 63.2 Å². The number of amides is 1. The molecule has 182 valence electrons. The zero-order valence-corrected chi connectivity index (χ0v) is 20.7. The predicted octanol–water partition coefficient (Wildman–Crippen LogP) is 3.73. The molecule has 7 heteroatoms. The van der Waals surface area contributed by atoms with Gasteiger partial charge in [0.15, 0.2) is 0 Å². The third-order valence-corrected chi connectivity index (χ3v) is 8.23. The number of fused-ring (bicyclic) bond motifs is 1. The highest BCUT2D eigenvalue weighted by Crippen LogP contribution is 2.37. The molecule has 0 radical (unpaired) electrons. The Bertz CT molecular complexity index is 964. The van der Waals surface area contributed by atoms with Gasteiger partial charge in [-0.2, -0.15) is 0 Å². The maximum atomic E-state index is 13.4. The molecule has 3 heterocycles. The lowest BCUT2D eigenvalue weighted by Crippen LogP contribution is -2.51. The number of ether oxygens (including phenoxy) is 2. The van der Waals surface area contributed by atoms with E-state index in [1.807, 2.05) is 23.1 Å². The van der Waals surface area contributed by atoms with Gasteiger partial charge < -0.3 is 25.0 Å². The molecule has 0 aromatic heterocycles. The molecular formula is C27H35N3O3S. The van der Waals surface area contributed by atoms with Crippen molar-refractivity contribution in [3.63, 3.8) is 0 Å². The van der Waals surface area contributed by atoms with Gasteiger partial charge in [-0.25, -0.2) is 0 Å². The molecule has 3 saturated heterocycles. The van der Waals surface area contributed by atoms with Gasteiger partial charge in [0.1, 0.15) is 17.6 Å². The predicted molar refractivity (Wildman–Crippen MR) is 138 cm³/mol. The van der Waals surface area contributed by atoms with Crippen molar-refractivity contribution in [2.24, 2.45) is 17.8 Å². The molecule has 0 spiro atoms. The van der Waals surface area contributed by atoms with E-state index in [9.17, 15) is 4.79 Å². The number of rotatable bonds is 5. The first-order valence-corrected chi connectivity index (χ1v) is 13.0. The monoisotopic (exact) mass is 481 g/mol. The zero-order valence-electron chi connectivity index (χ0n) is 19.9. The molecule has 2 N–H and O–H groups in total. The third kappa shape index (κ3) is 5.01. The van der Waals surface area contributed by atoms with Crippen LogP contribution in [0.2, 0.25) is 0 Å². The molecule has 3 fully saturated rings. The summed E-state index contributed by atoms with van der Waals surface area (Å²) in [7, 11) is 1.62. The van der Waals surface area contributed by atoms with Crippen LogP contribution in [0.25, 0.3) is 0 Å². The Labute approximate surface area is 207 Å². The first kappa shape index (κ1) is 23.4. The van der Waals surface area contributed by atoms with E-state index in [2.05, 4.69) is 34.9 Å². The van der Waals surface area contributed by atoms with Crippen LogP contribution in [0.4, 0.5) is 0 Å². The Hall–Kier alpha value is -2.38. The zero-order chi connectivity index (χ0) is 23.5. The Morgan fingerprint density at radius 3 is 2.62 bits per heavy atom. The van der Waals surface area contributed by atoms with Gasteiger partial charge in [-0.15, -0.1) is 0 Å². The molecule has 1 aliphatic carbocycles. The van der Waals surface area contributed by atoms with Crippen molar-refractivity contribution in [1.29, 1.82) is 0 Å². The molecule has 1 aromatic carbocycles. The number of carbonyl (C=O) groups is 1. The number of carbonyl (C=O) groups excluding carboxylic acids is 1. The molecule has 4 aliphatic rings. The number of thiocarbonyl (C=S) groups is 1. The van der Waals surface area contributed by atoms with Gasteiger partial charge in [0, 0.05) is 31.0 Å². The summed E-state index contributed by atoms with van der Waals surface area (Å²) in [6.07, 6.45) is 14.0. The lowest BCUT2D eigenvalue weighted by Gasteiger charge is -2.42. The molecule has 34 heavy (non-hydrogen) atoms. The fraction of sp³-hybridized carbons (Fsp3) is 0.556. The Morgan fingerprint density at radius 2 is 1.85 bits per heavy atom. The molecule has 5 rings (SSSR count). The van der Waals surface area contributed by atoms with Crippen molar-refractivity contribution in [1.82, 2.24) is 15.5 Å². The average molecular weight is 482 g/mol. The maximum absolute atomic E-state index is 13.4. The van der Waals surface area contributed by atoms with Crippen molar-refractivity contribution in [2.75, 3.05) is 33.3 Å². The molecular weight excluding hydrogens is 446 g/mol. The van der Waals surface area contributed by atoms with Crippen LogP contribution in [0, 0.1) is 17.8 Å². The topological polar surface area (TPSA) is 62.8 Å². The van der Waals surface area contributed by atoms with E-state index in [0.29, 0.717) is 35.1 Å². The van der Waals surface area contributed by atoms with Gasteiger partial charge >= 0.3 is 0 Å². The summed E-state index contributed by atoms with van der Waals surface area (Å²) < 4.78 is 11.7. The molecule has 1 aromatic rings. The SMILES string of the molecule is COc1cc(OC2CCNCC2)ccc1C(=O)N1CCC(C2CC3C=CC=CC3NC2=S)CC1. The van der Waals surface area contributed by atoms with E-state index in [4.69, 9.17) is 21.7 Å². The number of allylic oxidation sites excluding steroid dienone is 2. The normalized spacial score (nSPS) is 27.7. The smallest absolute Gasteiger partial charge is 0.257 e. The molecule has 6 nitrogen and oxygen atoms in total. The quantitative estimate of drug-likeness (QED) is 0.625. The molecule has 3 unspecified atom stereocenters. The van der Waals surface area contributed by atoms with Crippen LogP contribution in [0.15, 0.2) is 42.5 Å². The van der Waals surface area contributed by atoms with E-state index >= 15 is 0 Å². The number of benzene rings is 1. The summed E-state index contributed by atoms with van der Waals surface area (Å²) in [5, 5.41) is 6.91. The maximum Gasteiger partial charge on any atom is 0.257 e. The van der Waals surface area contributed by atoms with Crippen molar-refractivity contribution in [2.45, 2.75) is 44.2 Å². The standard InChI is InChI=1S/C27H35N3O3S/c1-32-25-17-21(33-20-8-12-28-13-9-20)6-7-22(25)27(31)30-14-10-18(11-15-30)23-16-19-4-2-3-5-24(19)29-26(23)34/h2-7,17-20,23-24,28H,8-16H2,1H3,(H,29,34). The van der Waals surface area contributed by atoms with E-state index in [0.717, 1.165) is 69.0 Å². The van der Waals surface area contributed by atoms with Crippen LogP contribution in [-0.4, -0.2) is 61.2 Å². The molecule has 1 amide bonds. The lowest BCUT2D eigenvalue weighted by atomic mass is 9.74. The van der Waals surface area contributed by atoms with E-state index in [1.165, 1.54) is 0 Å². The second-order valence-corrected chi connectivity index (χ2v) is 10.3. The summed E-state index contributed by atoms with van der Waals surface area (Å²) in [4.78, 5) is 16.3. The Morgan fingerprint density at radius 1 is 1.09 bits per heavy atom. The summed E-state index contributed by atoms with van der Waals surface area (Å²) in [5.74, 6) is 2.81. The van der Waals surface area contributed by atoms with E-state index < -0.39 is 0 Å². The minimum absolute atomic E-state index is 0.0356. The van der Waals surface area contributed by atoms with Gasteiger partial charge in [0.2, 0.25) is 0 Å². The number of methoxy groups -OCH3 is 1. The molecule has 0 bridgehead atoms. The number of likely N-dealkylation sites (tertiary alicyclic amines) is 1.